The number of anilines is 2. The molecule has 2 bridgehead atoms. The van der Waals surface area contributed by atoms with Crippen LogP contribution in [0.4, 0.5) is 11.4 Å². The van der Waals surface area contributed by atoms with Gasteiger partial charge in [0, 0.05) is 5.69 Å². The Hall–Kier alpha value is -2.90. The Balaban J connectivity index is 1.19. The molecule has 2 aromatic rings. The van der Waals surface area contributed by atoms with Gasteiger partial charge in [-0.25, -0.2) is 4.79 Å². The van der Waals surface area contributed by atoms with Gasteiger partial charge in [-0.2, -0.15) is 0 Å². The maximum atomic E-state index is 12.9. The second-order valence-corrected chi connectivity index (χ2v) is 9.51. The summed E-state index contributed by atoms with van der Waals surface area (Å²) in [6.45, 7) is -0.490. The fraction of sp³-hybridized carbons (Fsp3) is 0.333. The van der Waals surface area contributed by atoms with Gasteiger partial charge in [0.2, 0.25) is 11.8 Å². The quantitative estimate of drug-likeness (QED) is 0.501. The van der Waals surface area contributed by atoms with Gasteiger partial charge < -0.3 is 10.1 Å². The van der Waals surface area contributed by atoms with E-state index in [9.17, 15) is 19.2 Å². The minimum Gasteiger partial charge on any atom is -0.452 e. The summed E-state index contributed by atoms with van der Waals surface area (Å²) in [5, 5.41) is 3.21. The van der Waals surface area contributed by atoms with Crippen LogP contribution in [0.5, 0.6) is 0 Å². The molecule has 5 rings (SSSR count). The van der Waals surface area contributed by atoms with Crippen LogP contribution in [0.15, 0.2) is 42.5 Å². The van der Waals surface area contributed by atoms with Crippen molar-refractivity contribution in [2.45, 2.75) is 19.3 Å². The molecule has 0 spiro atoms. The van der Waals surface area contributed by atoms with Gasteiger partial charge in [0.25, 0.3) is 5.91 Å². The number of rotatable bonds is 5. The smallest absolute Gasteiger partial charge is 0.338 e. The predicted octanol–water partition coefficient (Wildman–Crippen LogP) is 4.32. The number of carbonyl (C=O) groups excluding carboxylic acids is 4. The monoisotopic (exact) mass is 486 g/mol. The number of carbonyl (C=O) groups is 4. The first kappa shape index (κ1) is 21.9. The third-order valence-corrected chi connectivity index (χ3v) is 7.57. The van der Waals surface area contributed by atoms with Crippen molar-refractivity contribution in [3.05, 3.63) is 58.1 Å². The second-order valence-electron chi connectivity index (χ2n) is 8.70. The molecule has 3 fully saturated rings. The third kappa shape index (κ3) is 3.89. The van der Waals surface area contributed by atoms with Crippen LogP contribution in [0.25, 0.3) is 0 Å². The highest BCUT2D eigenvalue weighted by atomic mass is 35.5. The van der Waals surface area contributed by atoms with Crippen LogP contribution < -0.4 is 10.2 Å². The Bertz CT molecular complexity index is 1140. The molecule has 7 nitrogen and oxygen atoms in total. The Kier molecular flexibility index (Phi) is 5.62. The van der Waals surface area contributed by atoms with Crippen LogP contribution >= 0.6 is 23.2 Å². The lowest BCUT2D eigenvalue weighted by Crippen LogP contribution is -2.32. The Morgan fingerprint density at radius 2 is 1.58 bits per heavy atom. The molecule has 2 saturated carbocycles. The zero-order valence-corrected chi connectivity index (χ0v) is 18.9. The first-order valence-electron chi connectivity index (χ1n) is 10.7. The van der Waals surface area contributed by atoms with Crippen molar-refractivity contribution < 1.29 is 23.9 Å². The molecule has 170 valence electrons. The molecule has 1 heterocycles. The molecule has 2 aromatic carbocycles. The van der Waals surface area contributed by atoms with Gasteiger partial charge >= 0.3 is 5.97 Å². The van der Waals surface area contributed by atoms with Crippen molar-refractivity contribution >= 4 is 58.3 Å². The normalized spacial score (nSPS) is 25.3. The lowest BCUT2D eigenvalue weighted by atomic mass is 9.81. The van der Waals surface area contributed by atoms with Gasteiger partial charge in [0.1, 0.15) is 0 Å². The summed E-state index contributed by atoms with van der Waals surface area (Å²) < 4.78 is 5.06. The highest BCUT2D eigenvalue weighted by Gasteiger charge is 2.61. The van der Waals surface area contributed by atoms with E-state index in [0.29, 0.717) is 28.2 Å². The van der Waals surface area contributed by atoms with Gasteiger partial charge in [-0.1, -0.05) is 23.2 Å². The van der Waals surface area contributed by atoms with Crippen molar-refractivity contribution in [2.24, 2.45) is 23.7 Å². The zero-order valence-electron chi connectivity index (χ0n) is 17.4. The maximum Gasteiger partial charge on any atom is 0.338 e. The molecular weight excluding hydrogens is 467 g/mol. The molecule has 0 radical (unpaired) electrons. The molecule has 4 atom stereocenters. The zero-order chi connectivity index (χ0) is 23.3. The highest BCUT2D eigenvalue weighted by molar-refractivity contribution is 6.42. The van der Waals surface area contributed by atoms with Crippen LogP contribution in [0.1, 0.15) is 29.6 Å². The number of esters is 1. The molecule has 3 aliphatic rings. The van der Waals surface area contributed by atoms with Gasteiger partial charge in [-0.15, -0.1) is 0 Å². The van der Waals surface area contributed by atoms with Crippen LogP contribution in [0, 0.1) is 23.7 Å². The average molecular weight is 487 g/mol. The van der Waals surface area contributed by atoms with E-state index in [4.69, 9.17) is 27.9 Å². The Labute approximate surface area is 200 Å². The second kappa shape index (κ2) is 8.47. The molecule has 1 N–H and O–H groups in total. The molecule has 33 heavy (non-hydrogen) atoms. The molecule has 0 aromatic heterocycles. The third-order valence-electron chi connectivity index (χ3n) is 6.83. The first-order valence-corrected chi connectivity index (χ1v) is 11.5. The molecule has 1 aliphatic heterocycles. The largest absolute Gasteiger partial charge is 0.452 e. The van der Waals surface area contributed by atoms with Gasteiger partial charge in [-0.3, -0.25) is 19.3 Å². The van der Waals surface area contributed by atoms with Crippen molar-refractivity contribution in [3.8, 4) is 0 Å². The van der Waals surface area contributed by atoms with Crippen molar-refractivity contribution in [1.82, 2.24) is 0 Å². The first-order chi connectivity index (χ1) is 15.8. The number of benzene rings is 2. The maximum absolute atomic E-state index is 12.9. The van der Waals surface area contributed by atoms with E-state index in [2.05, 4.69) is 5.32 Å². The van der Waals surface area contributed by atoms with Gasteiger partial charge in [0.15, 0.2) is 6.61 Å². The van der Waals surface area contributed by atoms with E-state index < -0.39 is 18.5 Å². The molecule has 9 heteroatoms. The van der Waals surface area contributed by atoms with E-state index in [1.54, 1.807) is 24.3 Å². The fourth-order valence-electron chi connectivity index (χ4n) is 5.40. The lowest BCUT2D eigenvalue weighted by Gasteiger charge is -2.19. The lowest BCUT2D eigenvalue weighted by molar-refractivity contribution is -0.123. The van der Waals surface area contributed by atoms with Crippen molar-refractivity contribution in [3.63, 3.8) is 0 Å². The number of halogens is 2. The summed E-state index contributed by atoms with van der Waals surface area (Å²) in [6, 6.07) is 10.7. The van der Waals surface area contributed by atoms with E-state index in [0.717, 1.165) is 19.3 Å². The minimum absolute atomic E-state index is 0.133. The predicted molar refractivity (Wildman–Crippen MR) is 122 cm³/mol. The van der Waals surface area contributed by atoms with E-state index >= 15 is 0 Å². The summed E-state index contributed by atoms with van der Waals surface area (Å²) in [7, 11) is 0. The van der Waals surface area contributed by atoms with Crippen molar-refractivity contribution in [1.29, 1.82) is 0 Å². The van der Waals surface area contributed by atoms with E-state index in [1.165, 1.54) is 23.1 Å². The van der Waals surface area contributed by atoms with E-state index in [1.807, 2.05) is 0 Å². The van der Waals surface area contributed by atoms with Gasteiger partial charge in [0.05, 0.1) is 33.1 Å². The summed E-state index contributed by atoms with van der Waals surface area (Å²) in [4.78, 5) is 51.5. The molecule has 0 unspecified atom stereocenters. The number of fused-ring (bicyclic) bond motifs is 5. The molecular formula is C24H20Cl2N2O5. The average Bonchev–Trinajstić information content (AvgIpc) is 3.48. The van der Waals surface area contributed by atoms with Gasteiger partial charge in [-0.05, 0) is 73.6 Å². The summed E-state index contributed by atoms with van der Waals surface area (Å²) in [5.41, 5.74) is 1.08. The number of ether oxygens (including phenoxy) is 1. The van der Waals surface area contributed by atoms with Crippen LogP contribution in [0.2, 0.25) is 10.0 Å². The summed E-state index contributed by atoms with van der Waals surface area (Å²) >= 11 is 11.8. The van der Waals surface area contributed by atoms with Crippen LogP contribution in [-0.4, -0.2) is 30.3 Å². The fourth-order valence-corrected chi connectivity index (χ4v) is 5.69. The SMILES string of the molecule is O=C(COC(=O)c1ccc(N2C(=O)[C@@H]3[C@H]4CC[C@@H](C4)[C@@H]3C2=O)cc1)Nc1ccc(Cl)c(Cl)c1. The molecule has 1 saturated heterocycles. The summed E-state index contributed by atoms with van der Waals surface area (Å²) in [6.07, 6.45) is 3.01. The number of nitrogens with zero attached hydrogens (tertiary/aromatic N) is 1. The standard InChI is InChI=1S/C24H20Cl2N2O5/c25-17-8-5-15(10-18(17)26)27-19(29)11-33-24(32)12-3-6-16(7-4-12)28-22(30)20-13-1-2-14(9-13)21(20)23(28)31/h3-8,10,13-14,20-21H,1-2,9,11H2,(H,27,29)/t13-,14-,20-,21+/m0/s1. The Morgan fingerprint density at radius 1 is 0.939 bits per heavy atom. The number of hydrogen-bond acceptors (Lipinski definition) is 5. The van der Waals surface area contributed by atoms with Crippen LogP contribution in [-0.2, 0) is 19.1 Å². The van der Waals surface area contributed by atoms with E-state index in [-0.39, 0.29) is 34.2 Å². The van der Waals surface area contributed by atoms with Crippen LogP contribution in [0.3, 0.4) is 0 Å². The highest BCUT2D eigenvalue weighted by Crippen LogP contribution is 2.56. The summed E-state index contributed by atoms with van der Waals surface area (Å²) in [5.74, 6) is -1.27. The number of hydrogen-bond donors (Lipinski definition) is 1. The number of imide groups is 1. The molecule has 3 amide bonds. The molecule has 2 aliphatic carbocycles. The van der Waals surface area contributed by atoms with Crippen molar-refractivity contribution in [2.75, 3.05) is 16.8 Å². The topological polar surface area (TPSA) is 92.8 Å². The number of nitrogens with one attached hydrogen (secondary N) is 1. The Morgan fingerprint density at radius 3 is 2.18 bits per heavy atom. The number of amides is 3. The minimum atomic E-state index is -0.695.